The Labute approximate surface area is 204 Å². The van der Waals surface area contributed by atoms with Crippen LogP contribution in [0, 0.1) is 5.82 Å². The van der Waals surface area contributed by atoms with Gasteiger partial charge in [0.05, 0.1) is 5.52 Å². The molecule has 1 N–H and O–H groups in total. The number of benzene rings is 1. The van der Waals surface area contributed by atoms with E-state index < -0.39 is 0 Å². The predicted molar refractivity (Wildman–Crippen MR) is 135 cm³/mol. The lowest BCUT2D eigenvalue weighted by molar-refractivity contribution is 0.342. The van der Waals surface area contributed by atoms with Gasteiger partial charge in [-0.3, -0.25) is 4.57 Å². The van der Waals surface area contributed by atoms with E-state index in [0.29, 0.717) is 29.3 Å². The molecule has 0 bridgehead atoms. The summed E-state index contributed by atoms with van der Waals surface area (Å²) in [5, 5.41) is 3.48. The van der Waals surface area contributed by atoms with E-state index >= 15 is 0 Å². The Morgan fingerprint density at radius 1 is 0.886 bits per heavy atom. The number of anilines is 1. The molecular weight excluding hydrogens is 441 g/mol. The van der Waals surface area contributed by atoms with Gasteiger partial charge in [0, 0.05) is 36.5 Å². The first-order chi connectivity index (χ1) is 17.2. The standard InChI is InChI=1S/C27H30FN7/c28-20-9-7-19(8-10-20)26-33-25-23(12-11-22(30-25)14-18-34-16-3-4-17-34)35(26)24-13-15-29-27(32-24)31-21-5-1-2-6-21/h7-13,15,21H,1-6,14,16-18H2,(H,29,31,32). The SMILES string of the molecule is Fc1ccc(-c2nc3nc(CCN4CCCC4)ccc3n2-c2ccnc(NC3CCCC3)n2)cc1. The molecule has 4 heterocycles. The van der Waals surface area contributed by atoms with E-state index in [1.54, 1.807) is 18.3 Å². The highest BCUT2D eigenvalue weighted by Gasteiger charge is 2.20. The van der Waals surface area contributed by atoms with Crippen LogP contribution in [0.5, 0.6) is 0 Å². The van der Waals surface area contributed by atoms with Crippen LogP contribution in [-0.4, -0.2) is 55.1 Å². The van der Waals surface area contributed by atoms with E-state index in [4.69, 9.17) is 15.0 Å². The minimum absolute atomic E-state index is 0.274. The summed E-state index contributed by atoms with van der Waals surface area (Å²) in [7, 11) is 0. The van der Waals surface area contributed by atoms with E-state index in [-0.39, 0.29) is 5.82 Å². The molecule has 1 aliphatic carbocycles. The van der Waals surface area contributed by atoms with Crippen molar-refractivity contribution < 1.29 is 4.39 Å². The summed E-state index contributed by atoms with van der Waals surface area (Å²) in [6.07, 6.45) is 10.0. The van der Waals surface area contributed by atoms with Crippen molar-refractivity contribution >= 4 is 17.1 Å². The monoisotopic (exact) mass is 471 g/mol. The Bertz CT molecular complexity index is 1310. The van der Waals surface area contributed by atoms with Gasteiger partial charge in [-0.15, -0.1) is 0 Å². The molecule has 0 atom stereocenters. The van der Waals surface area contributed by atoms with Crippen molar-refractivity contribution in [2.24, 2.45) is 0 Å². The highest BCUT2D eigenvalue weighted by molar-refractivity contribution is 5.80. The smallest absolute Gasteiger partial charge is 0.224 e. The van der Waals surface area contributed by atoms with Gasteiger partial charge in [-0.1, -0.05) is 12.8 Å². The van der Waals surface area contributed by atoms with Crippen molar-refractivity contribution in [3.63, 3.8) is 0 Å². The lowest BCUT2D eigenvalue weighted by Crippen LogP contribution is -2.22. The van der Waals surface area contributed by atoms with Gasteiger partial charge in [0.15, 0.2) is 5.65 Å². The Hall–Kier alpha value is -3.39. The molecule has 0 spiro atoms. The minimum Gasteiger partial charge on any atom is -0.351 e. The Balaban J connectivity index is 1.38. The topological polar surface area (TPSA) is 71.8 Å². The number of hydrogen-bond acceptors (Lipinski definition) is 6. The number of halogens is 1. The molecule has 7 nitrogen and oxygen atoms in total. The van der Waals surface area contributed by atoms with Crippen molar-refractivity contribution in [3.8, 4) is 17.2 Å². The Morgan fingerprint density at radius 3 is 2.49 bits per heavy atom. The lowest BCUT2D eigenvalue weighted by Gasteiger charge is -2.14. The maximum absolute atomic E-state index is 13.7. The molecule has 0 amide bonds. The molecule has 1 aromatic carbocycles. The van der Waals surface area contributed by atoms with Crippen molar-refractivity contribution in [3.05, 3.63) is 60.2 Å². The number of likely N-dealkylation sites (tertiary alicyclic amines) is 1. The number of pyridine rings is 1. The van der Waals surface area contributed by atoms with Crippen molar-refractivity contribution in [1.82, 2.24) is 29.4 Å². The van der Waals surface area contributed by atoms with Crippen LogP contribution in [0.3, 0.4) is 0 Å². The van der Waals surface area contributed by atoms with Gasteiger partial charge in [0.2, 0.25) is 5.95 Å². The summed E-state index contributed by atoms with van der Waals surface area (Å²) in [5.41, 5.74) is 3.39. The molecule has 1 saturated heterocycles. The third kappa shape index (κ3) is 4.75. The number of imidazole rings is 1. The normalized spacial score (nSPS) is 16.9. The summed E-state index contributed by atoms with van der Waals surface area (Å²) in [6, 6.07) is 12.9. The van der Waals surface area contributed by atoms with Gasteiger partial charge in [-0.25, -0.2) is 19.3 Å². The van der Waals surface area contributed by atoms with Crippen LogP contribution in [0.4, 0.5) is 10.3 Å². The zero-order chi connectivity index (χ0) is 23.6. The van der Waals surface area contributed by atoms with Gasteiger partial charge >= 0.3 is 0 Å². The van der Waals surface area contributed by atoms with Gasteiger partial charge in [-0.2, -0.15) is 4.98 Å². The summed E-state index contributed by atoms with van der Waals surface area (Å²) in [6.45, 7) is 3.37. The van der Waals surface area contributed by atoms with Crippen LogP contribution >= 0.6 is 0 Å². The lowest BCUT2D eigenvalue weighted by atomic mass is 10.2. The third-order valence-corrected chi connectivity index (χ3v) is 7.12. The van der Waals surface area contributed by atoms with Crippen LogP contribution in [0.2, 0.25) is 0 Å². The fourth-order valence-electron chi connectivity index (χ4n) is 5.24. The molecule has 2 fully saturated rings. The molecule has 1 aliphatic heterocycles. The zero-order valence-electron chi connectivity index (χ0n) is 19.8. The largest absolute Gasteiger partial charge is 0.351 e. The summed E-state index contributed by atoms with van der Waals surface area (Å²) in [4.78, 5) is 21.6. The molecular formula is C27H30FN7. The fraction of sp³-hybridized carbons (Fsp3) is 0.407. The number of aromatic nitrogens is 5. The molecule has 0 unspecified atom stereocenters. The molecule has 35 heavy (non-hydrogen) atoms. The second kappa shape index (κ2) is 9.70. The third-order valence-electron chi connectivity index (χ3n) is 7.12. The molecule has 1 saturated carbocycles. The first-order valence-electron chi connectivity index (χ1n) is 12.7. The highest BCUT2D eigenvalue weighted by atomic mass is 19.1. The van der Waals surface area contributed by atoms with Gasteiger partial charge in [-0.05, 0) is 81.2 Å². The summed E-state index contributed by atoms with van der Waals surface area (Å²) in [5.74, 6) is 1.75. The number of hydrogen-bond donors (Lipinski definition) is 1. The quantitative estimate of drug-likeness (QED) is 0.409. The Kier molecular flexibility index (Phi) is 6.12. The van der Waals surface area contributed by atoms with Crippen molar-refractivity contribution in [2.45, 2.75) is 51.0 Å². The maximum Gasteiger partial charge on any atom is 0.224 e. The fourth-order valence-corrected chi connectivity index (χ4v) is 5.24. The van der Waals surface area contributed by atoms with Crippen LogP contribution < -0.4 is 5.32 Å². The summed E-state index contributed by atoms with van der Waals surface area (Å²) < 4.78 is 15.7. The van der Waals surface area contributed by atoms with E-state index in [2.05, 4.69) is 27.3 Å². The molecule has 180 valence electrons. The van der Waals surface area contributed by atoms with Crippen molar-refractivity contribution in [1.29, 1.82) is 0 Å². The molecule has 4 aromatic rings. The van der Waals surface area contributed by atoms with E-state index in [0.717, 1.165) is 42.6 Å². The Morgan fingerprint density at radius 2 is 1.69 bits per heavy atom. The number of nitrogens with one attached hydrogen (secondary N) is 1. The van der Waals surface area contributed by atoms with Crippen LogP contribution in [0.15, 0.2) is 48.7 Å². The predicted octanol–water partition coefficient (Wildman–Crippen LogP) is 5.01. The number of nitrogens with zero attached hydrogens (tertiary/aromatic N) is 6. The van der Waals surface area contributed by atoms with Gasteiger partial charge in [0.25, 0.3) is 0 Å². The van der Waals surface area contributed by atoms with Crippen molar-refractivity contribution in [2.75, 3.05) is 25.0 Å². The second-order valence-electron chi connectivity index (χ2n) is 9.59. The zero-order valence-corrected chi connectivity index (χ0v) is 19.8. The minimum atomic E-state index is -0.274. The van der Waals surface area contributed by atoms with Gasteiger partial charge < -0.3 is 10.2 Å². The molecule has 3 aromatic heterocycles. The molecule has 2 aliphatic rings. The maximum atomic E-state index is 13.7. The second-order valence-corrected chi connectivity index (χ2v) is 9.59. The van der Waals surface area contributed by atoms with E-state index in [1.807, 2.05) is 10.6 Å². The summed E-state index contributed by atoms with van der Waals surface area (Å²) >= 11 is 0. The van der Waals surface area contributed by atoms with E-state index in [9.17, 15) is 4.39 Å². The average Bonchev–Trinajstić information content (AvgIpc) is 3.64. The van der Waals surface area contributed by atoms with Crippen LogP contribution in [0.1, 0.15) is 44.2 Å². The highest BCUT2D eigenvalue weighted by Crippen LogP contribution is 2.28. The molecule has 6 rings (SSSR count). The van der Waals surface area contributed by atoms with Gasteiger partial charge in [0.1, 0.15) is 17.5 Å². The first-order valence-corrected chi connectivity index (χ1v) is 12.7. The first kappa shape index (κ1) is 22.1. The molecule has 0 radical (unpaired) electrons. The van der Waals surface area contributed by atoms with Crippen LogP contribution in [-0.2, 0) is 6.42 Å². The number of fused-ring (bicyclic) bond motifs is 1. The molecule has 8 heteroatoms. The average molecular weight is 472 g/mol. The number of rotatable bonds is 7. The van der Waals surface area contributed by atoms with Crippen LogP contribution in [0.25, 0.3) is 28.4 Å². The van der Waals surface area contributed by atoms with E-state index in [1.165, 1.54) is 50.9 Å².